The molecule has 0 aliphatic carbocycles. The predicted molar refractivity (Wildman–Crippen MR) is 85.6 cm³/mol. The number of aromatic nitrogens is 3. The number of unbranched alkanes of at least 4 members (excludes halogenated alkanes) is 1. The average Bonchev–Trinajstić information content (AvgIpc) is 2.58. The quantitative estimate of drug-likeness (QED) is 0.847. The summed E-state index contributed by atoms with van der Waals surface area (Å²) in [5, 5.41) is 2.82. The number of anilines is 1. The normalized spacial score (nSPS) is 10.3. The highest BCUT2D eigenvalue weighted by molar-refractivity contribution is 5.91. The third-order valence-corrected chi connectivity index (χ3v) is 3.31. The Balaban J connectivity index is 1.90. The first-order chi connectivity index (χ1) is 10.7. The van der Waals surface area contributed by atoms with Gasteiger partial charge in [0.05, 0.1) is 12.4 Å². The van der Waals surface area contributed by atoms with E-state index in [1.54, 1.807) is 18.6 Å². The Hall–Kier alpha value is -2.50. The van der Waals surface area contributed by atoms with E-state index >= 15 is 0 Å². The molecule has 0 spiro atoms. The van der Waals surface area contributed by atoms with Gasteiger partial charge in [-0.05, 0) is 24.1 Å². The summed E-state index contributed by atoms with van der Waals surface area (Å²) in [6.45, 7) is 3.52. The minimum absolute atomic E-state index is 0.230. The third-order valence-electron chi connectivity index (χ3n) is 3.31. The van der Waals surface area contributed by atoms with Crippen LogP contribution in [0.2, 0.25) is 0 Å². The van der Waals surface area contributed by atoms with Gasteiger partial charge < -0.3 is 10.2 Å². The molecule has 0 saturated heterocycles. The van der Waals surface area contributed by atoms with E-state index in [1.165, 1.54) is 6.20 Å². The molecule has 0 atom stereocenters. The van der Waals surface area contributed by atoms with E-state index in [0.717, 1.165) is 30.8 Å². The number of hydrogen-bond acceptors (Lipinski definition) is 5. The van der Waals surface area contributed by atoms with Gasteiger partial charge in [0.25, 0.3) is 5.91 Å². The summed E-state index contributed by atoms with van der Waals surface area (Å²) >= 11 is 0. The van der Waals surface area contributed by atoms with Gasteiger partial charge in [-0.1, -0.05) is 13.3 Å². The number of amides is 1. The Morgan fingerprint density at radius 1 is 1.23 bits per heavy atom. The number of carbonyl (C=O) groups excluding carboxylic acids is 1. The highest BCUT2D eigenvalue weighted by Gasteiger charge is 2.09. The van der Waals surface area contributed by atoms with Crippen molar-refractivity contribution in [3.8, 4) is 0 Å². The Morgan fingerprint density at radius 3 is 2.64 bits per heavy atom. The van der Waals surface area contributed by atoms with Crippen LogP contribution < -0.4 is 10.2 Å². The lowest BCUT2D eigenvalue weighted by molar-refractivity contribution is 0.0945. The number of rotatable bonds is 7. The molecule has 2 heterocycles. The van der Waals surface area contributed by atoms with Crippen molar-refractivity contribution in [1.82, 2.24) is 20.3 Å². The summed E-state index contributed by atoms with van der Waals surface area (Å²) in [7, 11) is 1.98. The van der Waals surface area contributed by atoms with Gasteiger partial charge in [-0.15, -0.1) is 0 Å². The molecule has 0 radical (unpaired) electrons. The summed E-state index contributed by atoms with van der Waals surface area (Å²) < 4.78 is 0. The first-order valence-electron chi connectivity index (χ1n) is 7.41. The zero-order valence-electron chi connectivity index (χ0n) is 13.0. The van der Waals surface area contributed by atoms with Crippen LogP contribution in [0.25, 0.3) is 0 Å². The van der Waals surface area contributed by atoms with E-state index in [9.17, 15) is 4.79 Å². The molecule has 0 unspecified atom stereocenters. The fraction of sp³-hybridized carbons (Fsp3) is 0.375. The van der Waals surface area contributed by atoms with E-state index in [4.69, 9.17) is 0 Å². The number of nitrogens with zero attached hydrogens (tertiary/aromatic N) is 4. The average molecular weight is 299 g/mol. The van der Waals surface area contributed by atoms with Crippen molar-refractivity contribution in [3.05, 3.63) is 48.2 Å². The molecule has 22 heavy (non-hydrogen) atoms. The van der Waals surface area contributed by atoms with Crippen LogP contribution in [0, 0.1) is 0 Å². The molecule has 0 saturated carbocycles. The van der Waals surface area contributed by atoms with Gasteiger partial charge in [0, 0.05) is 32.5 Å². The van der Waals surface area contributed by atoms with Crippen molar-refractivity contribution in [2.45, 2.75) is 26.3 Å². The molecule has 0 fully saturated rings. The molecule has 0 aromatic carbocycles. The Labute approximate surface area is 130 Å². The van der Waals surface area contributed by atoms with Crippen molar-refractivity contribution in [2.24, 2.45) is 0 Å². The van der Waals surface area contributed by atoms with Crippen molar-refractivity contribution < 1.29 is 4.79 Å². The molecule has 6 nitrogen and oxygen atoms in total. The molecule has 2 aromatic rings. The second-order valence-corrected chi connectivity index (χ2v) is 5.07. The second kappa shape index (κ2) is 8.07. The Morgan fingerprint density at radius 2 is 2.00 bits per heavy atom. The van der Waals surface area contributed by atoms with E-state index in [-0.39, 0.29) is 5.91 Å². The maximum Gasteiger partial charge on any atom is 0.271 e. The highest BCUT2D eigenvalue weighted by atomic mass is 16.1. The Bertz CT molecular complexity index is 585. The van der Waals surface area contributed by atoms with Gasteiger partial charge in [0.1, 0.15) is 11.5 Å². The van der Waals surface area contributed by atoms with Crippen LogP contribution in [0.4, 0.5) is 5.82 Å². The van der Waals surface area contributed by atoms with Gasteiger partial charge in [0.15, 0.2) is 0 Å². The van der Waals surface area contributed by atoms with Crippen molar-refractivity contribution in [2.75, 3.05) is 18.5 Å². The van der Waals surface area contributed by atoms with Crippen LogP contribution in [-0.4, -0.2) is 34.5 Å². The van der Waals surface area contributed by atoms with E-state index < -0.39 is 0 Å². The fourth-order valence-corrected chi connectivity index (χ4v) is 1.92. The van der Waals surface area contributed by atoms with E-state index in [2.05, 4.69) is 27.2 Å². The molecule has 0 bridgehead atoms. The van der Waals surface area contributed by atoms with Crippen LogP contribution in [0.3, 0.4) is 0 Å². The molecular formula is C16H21N5O. The lowest BCUT2D eigenvalue weighted by Gasteiger charge is -2.17. The number of nitrogens with one attached hydrogen (secondary N) is 1. The minimum atomic E-state index is -0.230. The fourth-order valence-electron chi connectivity index (χ4n) is 1.92. The van der Waals surface area contributed by atoms with Crippen LogP contribution >= 0.6 is 0 Å². The van der Waals surface area contributed by atoms with Crippen LogP contribution in [0.5, 0.6) is 0 Å². The minimum Gasteiger partial charge on any atom is -0.358 e. The molecule has 6 heteroatoms. The van der Waals surface area contributed by atoms with Gasteiger partial charge in [0.2, 0.25) is 0 Å². The topological polar surface area (TPSA) is 71.0 Å². The van der Waals surface area contributed by atoms with Crippen molar-refractivity contribution in [3.63, 3.8) is 0 Å². The van der Waals surface area contributed by atoms with Crippen molar-refractivity contribution >= 4 is 11.7 Å². The standard InChI is InChI=1S/C16H21N5O/c1-3-4-9-21(2)15-12-18-14(11-19-15)16(22)20-10-13-5-7-17-8-6-13/h5-8,11-12H,3-4,9-10H2,1-2H3,(H,20,22). The summed E-state index contributed by atoms with van der Waals surface area (Å²) in [6.07, 6.45) is 8.78. The van der Waals surface area contributed by atoms with E-state index in [0.29, 0.717) is 12.2 Å². The zero-order chi connectivity index (χ0) is 15.8. The maximum atomic E-state index is 12.0. The molecule has 0 aliphatic heterocycles. The van der Waals surface area contributed by atoms with Gasteiger partial charge in [-0.3, -0.25) is 9.78 Å². The third kappa shape index (κ3) is 4.51. The molecule has 1 N–H and O–H groups in total. The molecular weight excluding hydrogens is 278 g/mol. The summed E-state index contributed by atoms with van der Waals surface area (Å²) in [6, 6.07) is 3.72. The number of carbonyl (C=O) groups is 1. The lowest BCUT2D eigenvalue weighted by atomic mass is 10.2. The zero-order valence-corrected chi connectivity index (χ0v) is 13.0. The SMILES string of the molecule is CCCCN(C)c1cnc(C(=O)NCc2ccncc2)cn1. The summed E-state index contributed by atoms with van der Waals surface area (Å²) in [5.41, 5.74) is 1.31. The molecule has 1 amide bonds. The molecule has 116 valence electrons. The number of hydrogen-bond donors (Lipinski definition) is 1. The van der Waals surface area contributed by atoms with Gasteiger partial charge in [-0.2, -0.15) is 0 Å². The van der Waals surface area contributed by atoms with Crippen molar-refractivity contribution in [1.29, 1.82) is 0 Å². The predicted octanol–water partition coefficient (Wildman–Crippen LogP) is 2.04. The second-order valence-electron chi connectivity index (χ2n) is 5.07. The van der Waals surface area contributed by atoms with Gasteiger partial charge >= 0.3 is 0 Å². The van der Waals surface area contributed by atoms with Crippen LogP contribution in [0.15, 0.2) is 36.9 Å². The first-order valence-corrected chi connectivity index (χ1v) is 7.41. The largest absolute Gasteiger partial charge is 0.358 e. The summed E-state index contributed by atoms with van der Waals surface area (Å²) in [5.74, 6) is 0.547. The van der Waals surface area contributed by atoms with E-state index in [1.807, 2.05) is 24.1 Å². The summed E-state index contributed by atoms with van der Waals surface area (Å²) in [4.78, 5) is 26.5. The number of pyridine rings is 1. The van der Waals surface area contributed by atoms with Gasteiger partial charge in [-0.25, -0.2) is 9.97 Å². The smallest absolute Gasteiger partial charge is 0.271 e. The van der Waals surface area contributed by atoms with Crippen LogP contribution in [-0.2, 0) is 6.54 Å². The maximum absolute atomic E-state index is 12.0. The van der Waals surface area contributed by atoms with Crippen LogP contribution in [0.1, 0.15) is 35.8 Å². The molecule has 2 rings (SSSR count). The first kappa shape index (κ1) is 15.9. The monoisotopic (exact) mass is 299 g/mol. The Kier molecular flexibility index (Phi) is 5.82. The molecule has 0 aliphatic rings. The lowest BCUT2D eigenvalue weighted by Crippen LogP contribution is -2.25. The highest BCUT2D eigenvalue weighted by Crippen LogP contribution is 2.08. The molecule has 2 aromatic heterocycles.